The van der Waals surface area contributed by atoms with Crippen molar-refractivity contribution in [1.82, 2.24) is 0 Å². The van der Waals surface area contributed by atoms with Crippen LogP contribution in [0, 0.1) is 0 Å². The fraction of sp³-hybridized carbons (Fsp3) is 0.222. The Hall–Kier alpha value is -2.42. The summed E-state index contributed by atoms with van der Waals surface area (Å²) in [5.41, 5.74) is 2.34. The van der Waals surface area contributed by atoms with Crippen LogP contribution in [0.25, 0.3) is 0 Å². The Labute approximate surface area is 124 Å². The van der Waals surface area contributed by atoms with Crippen LogP contribution in [-0.4, -0.2) is 16.9 Å². The third-order valence-corrected chi connectivity index (χ3v) is 3.37. The molecule has 0 heterocycles. The summed E-state index contributed by atoms with van der Waals surface area (Å²) in [6.45, 7) is 0. The number of hydrogen-bond donors (Lipinski definition) is 1. The minimum Gasteiger partial charge on any atom is -0.481 e. The Morgan fingerprint density at radius 1 is 0.905 bits per heavy atom. The Balaban J connectivity index is 1.96. The van der Waals surface area contributed by atoms with Gasteiger partial charge in [-0.2, -0.15) is 0 Å². The number of Topliss-reactive ketones (excluding diaryl/α,β-unsaturated/α-hetero) is 1. The van der Waals surface area contributed by atoms with Crippen molar-refractivity contribution in [3.05, 3.63) is 71.3 Å². The van der Waals surface area contributed by atoms with E-state index in [4.69, 9.17) is 5.11 Å². The number of aliphatic carboxylic acids is 1. The van der Waals surface area contributed by atoms with Gasteiger partial charge in [0, 0.05) is 12.0 Å². The quantitative estimate of drug-likeness (QED) is 0.790. The topological polar surface area (TPSA) is 54.4 Å². The number of carboxylic acids is 1. The van der Waals surface area contributed by atoms with Gasteiger partial charge in [-0.25, -0.2) is 0 Å². The van der Waals surface area contributed by atoms with E-state index < -0.39 is 5.97 Å². The zero-order valence-electron chi connectivity index (χ0n) is 11.8. The second-order valence-corrected chi connectivity index (χ2v) is 4.99. The molecule has 2 aromatic rings. The molecule has 0 saturated carbocycles. The van der Waals surface area contributed by atoms with Crippen LogP contribution >= 0.6 is 0 Å². The Bertz CT molecular complexity index is 617. The van der Waals surface area contributed by atoms with Gasteiger partial charge in [0.2, 0.25) is 0 Å². The number of hydrogen-bond acceptors (Lipinski definition) is 2. The predicted molar refractivity (Wildman–Crippen MR) is 81.5 cm³/mol. The molecule has 0 aromatic heterocycles. The van der Waals surface area contributed by atoms with Crippen LogP contribution in [0.3, 0.4) is 0 Å². The van der Waals surface area contributed by atoms with Crippen molar-refractivity contribution in [3.8, 4) is 0 Å². The fourth-order valence-electron chi connectivity index (χ4n) is 2.34. The summed E-state index contributed by atoms with van der Waals surface area (Å²) < 4.78 is 0. The molecule has 3 heteroatoms. The van der Waals surface area contributed by atoms with Gasteiger partial charge in [0.05, 0.1) is 6.42 Å². The van der Waals surface area contributed by atoms with Gasteiger partial charge in [-0.05, 0) is 24.0 Å². The van der Waals surface area contributed by atoms with Crippen molar-refractivity contribution in [1.29, 1.82) is 0 Å². The lowest BCUT2D eigenvalue weighted by atomic mass is 9.97. The van der Waals surface area contributed by atoms with Crippen molar-refractivity contribution in [2.24, 2.45) is 0 Å². The van der Waals surface area contributed by atoms with Crippen LogP contribution in [0.4, 0.5) is 0 Å². The number of aryl methyl sites for hydroxylation is 1. The molecule has 0 atom stereocenters. The smallest absolute Gasteiger partial charge is 0.307 e. The third-order valence-electron chi connectivity index (χ3n) is 3.37. The Kier molecular flexibility index (Phi) is 5.27. The molecule has 3 nitrogen and oxygen atoms in total. The average molecular weight is 282 g/mol. The van der Waals surface area contributed by atoms with E-state index in [0.717, 1.165) is 12.8 Å². The summed E-state index contributed by atoms with van der Waals surface area (Å²) in [5, 5.41) is 8.89. The number of ketones is 1. The molecular formula is C18H18O3. The van der Waals surface area contributed by atoms with Crippen LogP contribution in [0.15, 0.2) is 54.6 Å². The first-order valence-electron chi connectivity index (χ1n) is 7.03. The molecule has 0 fully saturated rings. The molecule has 21 heavy (non-hydrogen) atoms. The van der Waals surface area contributed by atoms with Gasteiger partial charge < -0.3 is 5.11 Å². The van der Waals surface area contributed by atoms with Gasteiger partial charge in [0.25, 0.3) is 0 Å². The highest BCUT2D eigenvalue weighted by Gasteiger charge is 2.12. The highest BCUT2D eigenvalue weighted by atomic mass is 16.4. The van der Waals surface area contributed by atoms with E-state index in [9.17, 15) is 9.59 Å². The van der Waals surface area contributed by atoms with E-state index in [1.807, 2.05) is 30.3 Å². The molecule has 0 spiro atoms. The van der Waals surface area contributed by atoms with Crippen LogP contribution in [-0.2, 0) is 17.6 Å². The lowest BCUT2D eigenvalue weighted by Gasteiger charge is -2.07. The van der Waals surface area contributed by atoms with Crippen LogP contribution in [0.1, 0.15) is 34.3 Å². The first-order valence-corrected chi connectivity index (χ1v) is 7.03. The molecule has 108 valence electrons. The molecule has 0 saturated heterocycles. The van der Waals surface area contributed by atoms with Crippen molar-refractivity contribution in [3.63, 3.8) is 0 Å². The normalized spacial score (nSPS) is 10.3. The molecule has 0 radical (unpaired) electrons. The average Bonchev–Trinajstić information content (AvgIpc) is 2.48. The van der Waals surface area contributed by atoms with E-state index in [-0.39, 0.29) is 12.2 Å². The Morgan fingerprint density at radius 3 is 2.29 bits per heavy atom. The number of benzene rings is 2. The van der Waals surface area contributed by atoms with Gasteiger partial charge in [-0.15, -0.1) is 0 Å². The van der Waals surface area contributed by atoms with E-state index in [1.165, 1.54) is 5.56 Å². The SMILES string of the molecule is O=C(O)Cc1ccccc1C(=O)CCCc1ccccc1. The van der Waals surface area contributed by atoms with Gasteiger partial charge in [0.1, 0.15) is 0 Å². The first-order chi connectivity index (χ1) is 10.2. The maximum absolute atomic E-state index is 12.2. The van der Waals surface area contributed by atoms with E-state index in [0.29, 0.717) is 17.5 Å². The van der Waals surface area contributed by atoms with Gasteiger partial charge in [0.15, 0.2) is 5.78 Å². The molecule has 0 bridgehead atoms. The number of carboxylic acid groups (broad SMARTS) is 1. The summed E-state index contributed by atoms with van der Waals surface area (Å²) in [6, 6.07) is 17.0. The summed E-state index contributed by atoms with van der Waals surface area (Å²) in [6.07, 6.45) is 1.95. The highest BCUT2D eigenvalue weighted by Crippen LogP contribution is 2.14. The standard InChI is InChI=1S/C18H18O3/c19-17(12-6-9-14-7-2-1-3-8-14)16-11-5-4-10-15(16)13-18(20)21/h1-5,7-8,10-11H,6,9,12-13H2,(H,20,21). The molecular weight excluding hydrogens is 264 g/mol. The Morgan fingerprint density at radius 2 is 1.57 bits per heavy atom. The number of rotatable bonds is 7. The first kappa shape index (κ1) is 15.0. The van der Waals surface area contributed by atoms with E-state index in [1.54, 1.807) is 24.3 Å². The summed E-state index contributed by atoms with van der Waals surface area (Å²) in [4.78, 5) is 23.1. The summed E-state index contributed by atoms with van der Waals surface area (Å²) in [7, 11) is 0. The maximum atomic E-state index is 12.2. The van der Waals surface area contributed by atoms with Crippen LogP contribution < -0.4 is 0 Å². The largest absolute Gasteiger partial charge is 0.481 e. The molecule has 0 amide bonds. The van der Waals surface area contributed by atoms with E-state index >= 15 is 0 Å². The van der Waals surface area contributed by atoms with E-state index in [2.05, 4.69) is 0 Å². The fourth-order valence-corrected chi connectivity index (χ4v) is 2.34. The molecule has 1 N–H and O–H groups in total. The van der Waals surface area contributed by atoms with Gasteiger partial charge >= 0.3 is 5.97 Å². The zero-order chi connectivity index (χ0) is 15.1. The molecule has 0 aliphatic heterocycles. The minimum absolute atomic E-state index is 0.0165. The van der Waals surface area contributed by atoms with Crippen LogP contribution in [0.5, 0.6) is 0 Å². The second kappa shape index (κ2) is 7.39. The molecule has 0 aliphatic carbocycles. The second-order valence-electron chi connectivity index (χ2n) is 4.99. The number of carbonyl (C=O) groups is 2. The van der Waals surface area contributed by atoms with Gasteiger partial charge in [-0.3, -0.25) is 9.59 Å². The van der Waals surface area contributed by atoms with Crippen molar-refractivity contribution < 1.29 is 14.7 Å². The molecule has 0 aliphatic rings. The number of carbonyl (C=O) groups excluding carboxylic acids is 1. The zero-order valence-corrected chi connectivity index (χ0v) is 11.8. The summed E-state index contributed by atoms with van der Waals surface area (Å²) >= 11 is 0. The van der Waals surface area contributed by atoms with Gasteiger partial charge in [-0.1, -0.05) is 54.6 Å². The minimum atomic E-state index is -0.917. The van der Waals surface area contributed by atoms with Crippen molar-refractivity contribution >= 4 is 11.8 Å². The lowest BCUT2D eigenvalue weighted by molar-refractivity contribution is -0.136. The molecule has 2 aromatic carbocycles. The maximum Gasteiger partial charge on any atom is 0.307 e. The molecule has 0 unspecified atom stereocenters. The monoisotopic (exact) mass is 282 g/mol. The predicted octanol–water partition coefficient (Wildman–Crippen LogP) is 3.52. The summed E-state index contributed by atoms with van der Waals surface area (Å²) in [5.74, 6) is -0.901. The third kappa shape index (κ3) is 4.56. The van der Waals surface area contributed by atoms with Crippen LogP contribution in [0.2, 0.25) is 0 Å². The van der Waals surface area contributed by atoms with Crippen molar-refractivity contribution in [2.75, 3.05) is 0 Å². The lowest BCUT2D eigenvalue weighted by Crippen LogP contribution is -2.08. The van der Waals surface area contributed by atoms with Crippen molar-refractivity contribution in [2.45, 2.75) is 25.7 Å². The molecule has 2 rings (SSSR count). The highest BCUT2D eigenvalue weighted by molar-refractivity contribution is 5.98.